The Morgan fingerprint density at radius 3 is 2.74 bits per heavy atom. The summed E-state index contributed by atoms with van der Waals surface area (Å²) >= 11 is 0. The summed E-state index contributed by atoms with van der Waals surface area (Å²) in [5.41, 5.74) is 6.96. The minimum Gasteiger partial charge on any atom is -0.493 e. The quantitative estimate of drug-likeness (QED) is 0.612. The van der Waals surface area contributed by atoms with Crippen molar-refractivity contribution >= 4 is 0 Å². The number of aliphatic hydroxyl groups excluding tert-OH is 1. The van der Waals surface area contributed by atoms with Crippen LogP contribution in [-0.2, 0) is 19.3 Å². The first-order chi connectivity index (χ1) is 13.3. The third-order valence-electron chi connectivity index (χ3n) is 5.09. The van der Waals surface area contributed by atoms with E-state index in [-0.39, 0.29) is 6.61 Å². The molecular weight excluding hydrogens is 338 g/mol. The van der Waals surface area contributed by atoms with E-state index in [9.17, 15) is 0 Å². The molecule has 0 spiro atoms. The molecule has 140 valence electrons. The van der Waals surface area contributed by atoms with Crippen LogP contribution in [0.15, 0.2) is 47.0 Å². The van der Waals surface area contributed by atoms with E-state index in [1.165, 1.54) is 16.7 Å². The third-order valence-corrected chi connectivity index (χ3v) is 5.09. The Kier molecular flexibility index (Phi) is 5.26. The number of ether oxygens (including phenoxy) is 1. The van der Waals surface area contributed by atoms with Gasteiger partial charge in [0.15, 0.2) is 5.76 Å². The summed E-state index contributed by atoms with van der Waals surface area (Å²) in [7, 11) is 0. The molecule has 0 fully saturated rings. The van der Waals surface area contributed by atoms with Gasteiger partial charge < -0.3 is 14.4 Å². The standard InChI is InChI=1S/C23H25NO3/c1-2-4-16-5-7-17(8-6-16)23-21-11-9-18-15-19(26-14-3-13-25)10-12-20(18)22(21)24-27-23/h5-8,10,12,15,25H,2-4,9,11,13-14H2,1H3. The summed E-state index contributed by atoms with van der Waals surface area (Å²) < 4.78 is 11.5. The molecule has 3 aromatic rings. The van der Waals surface area contributed by atoms with Crippen molar-refractivity contribution in [3.63, 3.8) is 0 Å². The second-order valence-electron chi connectivity index (χ2n) is 7.03. The van der Waals surface area contributed by atoms with E-state index < -0.39 is 0 Å². The Morgan fingerprint density at radius 1 is 1.11 bits per heavy atom. The monoisotopic (exact) mass is 363 g/mol. The minimum absolute atomic E-state index is 0.148. The van der Waals surface area contributed by atoms with Crippen LogP contribution in [0.5, 0.6) is 5.75 Å². The van der Waals surface area contributed by atoms with E-state index in [4.69, 9.17) is 14.4 Å². The van der Waals surface area contributed by atoms with Crippen LogP contribution < -0.4 is 4.74 Å². The number of benzene rings is 2. The lowest BCUT2D eigenvalue weighted by Crippen LogP contribution is -2.05. The maximum atomic E-state index is 8.89. The fourth-order valence-corrected chi connectivity index (χ4v) is 3.70. The molecular formula is C23H25NO3. The molecule has 0 radical (unpaired) electrons. The van der Waals surface area contributed by atoms with Crippen LogP contribution in [0.1, 0.15) is 36.5 Å². The number of fused-ring (bicyclic) bond motifs is 3. The third kappa shape index (κ3) is 3.62. The molecule has 0 amide bonds. The predicted molar refractivity (Wildman–Crippen MR) is 106 cm³/mol. The summed E-state index contributed by atoms with van der Waals surface area (Å²) in [5.74, 6) is 1.74. The van der Waals surface area contributed by atoms with Gasteiger partial charge in [-0.3, -0.25) is 0 Å². The van der Waals surface area contributed by atoms with Crippen LogP contribution in [0.25, 0.3) is 22.6 Å². The fourth-order valence-electron chi connectivity index (χ4n) is 3.70. The Bertz CT molecular complexity index is 912. The van der Waals surface area contributed by atoms with Crippen molar-refractivity contribution < 1.29 is 14.4 Å². The number of aromatic nitrogens is 1. The van der Waals surface area contributed by atoms with Crippen LogP contribution in [0.4, 0.5) is 0 Å². The Morgan fingerprint density at radius 2 is 1.96 bits per heavy atom. The highest BCUT2D eigenvalue weighted by molar-refractivity contribution is 5.77. The van der Waals surface area contributed by atoms with Crippen molar-refractivity contribution in [2.24, 2.45) is 0 Å². The maximum Gasteiger partial charge on any atom is 0.170 e. The Labute approximate surface area is 159 Å². The SMILES string of the molecule is CCCc1ccc(-c2onc3c2CCc2cc(OCCCO)ccc2-3)cc1. The molecule has 1 aliphatic rings. The van der Waals surface area contributed by atoms with E-state index in [0.29, 0.717) is 13.0 Å². The van der Waals surface area contributed by atoms with E-state index >= 15 is 0 Å². The van der Waals surface area contributed by atoms with Gasteiger partial charge in [-0.1, -0.05) is 42.8 Å². The summed E-state index contributed by atoms with van der Waals surface area (Å²) in [4.78, 5) is 0. The normalized spacial score (nSPS) is 12.5. The predicted octanol–water partition coefficient (Wildman–Crippen LogP) is 4.82. The highest BCUT2D eigenvalue weighted by Crippen LogP contribution is 2.39. The van der Waals surface area contributed by atoms with Gasteiger partial charge in [-0.15, -0.1) is 0 Å². The maximum absolute atomic E-state index is 8.89. The number of nitrogens with zero attached hydrogens (tertiary/aromatic N) is 1. The largest absolute Gasteiger partial charge is 0.493 e. The lowest BCUT2D eigenvalue weighted by molar-refractivity contribution is 0.233. The van der Waals surface area contributed by atoms with Crippen LogP contribution in [0.2, 0.25) is 0 Å². The highest BCUT2D eigenvalue weighted by atomic mass is 16.5. The Balaban J connectivity index is 1.60. The van der Waals surface area contributed by atoms with Crippen molar-refractivity contribution in [1.29, 1.82) is 0 Å². The molecule has 2 aromatic carbocycles. The van der Waals surface area contributed by atoms with Crippen LogP contribution in [-0.4, -0.2) is 23.5 Å². The van der Waals surface area contributed by atoms with E-state index in [2.05, 4.69) is 48.5 Å². The number of hydrogen-bond donors (Lipinski definition) is 1. The first kappa shape index (κ1) is 17.8. The lowest BCUT2D eigenvalue weighted by atomic mass is 9.88. The zero-order valence-corrected chi connectivity index (χ0v) is 15.7. The van der Waals surface area contributed by atoms with Crippen LogP contribution >= 0.6 is 0 Å². The van der Waals surface area contributed by atoms with Crippen molar-refractivity contribution in [1.82, 2.24) is 5.16 Å². The van der Waals surface area contributed by atoms with Gasteiger partial charge in [0.2, 0.25) is 0 Å². The summed E-state index contributed by atoms with van der Waals surface area (Å²) in [6.07, 6.45) is 4.76. The molecule has 0 atom stereocenters. The average Bonchev–Trinajstić information content (AvgIpc) is 3.13. The highest BCUT2D eigenvalue weighted by Gasteiger charge is 2.25. The minimum atomic E-state index is 0.148. The van der Waals surface area contributed by atoms with Crippen molar-refractivity contribution in [3.05, 3.63) is 59.2 Å². The van der Waals surface area contributed by atoms with Gasteiger partial charge >= 0.3 is 0 Å². The van der Waals surface area contributed by atoms with E-state index in [1.54, 1.807) is 0 Å². The first-order valence-corrected chi connectivity index (χ1v) is 9.75. The van der Waals surface area contributed by atoms with Crippen molar-refractivity contribution in [2.75, 3.05) is 13.2 Å². The molecule has 1 aliphatic carbocycles. The number of aryl methyl sites for hydroxylation is 2. The number of hydrogen-bond acceptors (Lipinski definition) is 4. The summed E-state index contributed by atoms with van der Waals surface area (Å²) in [5, 5.41) is 13.3. The molecule has 4 nitrogen and oxygen atoms in total. The first-order valence-electron chi connectivity index (χ1n) is 9.75. The van der Waals surface area contributed by atoms with Crippen LogP contribution in [0, 0.1) is 0 Å². The molecule has 0 saturated heterocycles. The molecule has 0 saturated carbocycles. The zero-order chi connectivity index (χ0) is 18.6. The van der Waals surface area contributed by atoms with Gasteiger partial charge in [-0.25, -0.2) is 0 Å². The van der Waals surface area contributed by atoms with Crippen molar-refractivity contribution in [2.45, 2.75) is 39.0 Å². The van der Waals surface area contributed by atoms with Gasteiger partial charge in [-0.05, 0) is 48.6 Å². The van der Waals surface area contributed by atoms with Gasteiger partial charge in [0.05, 0.1) is 6.61 Å². The molecule has 0 aliphatic heterocycles. The molecule has 4 rings (SSSR count). The second kappa shape index (κ2) is 7.97. The summed E-state index contributed by atoms with van der Waals surface area (Å²) in [6, 6.07) is 14.8. The molecule has 0 unspecified atom stereocenters. The number of rotatable bonds is 7. The lowest BCUT2D eigenvalue weighted by Gasteiger charge is -2.16. The molecule has 27 heavy (non-hydrogen) atoms. The van der Waals surface area contributed by atoms with E-state index in [0.717, 1.165) is 54.0 Å². The van der Waals surface area contributed by atoms with Gasteiger partial charge in [0.1, 0.15) is 11.4 Å². The van der Waals surface area contributed by atoms with Gasteiger partial charge in [0.25, 0.3) is 0 Å². The summed E-state index contributed by atoms with van der Waals surface area (Å²) in [6.45, 7) is 2.87. The van der Waals surface area contributed by atoms with Gasteiger partial charge in [0, 0.05) is 29.7 Å². The molecule has 1 heterocycles. The van der Waals surface area contributed by atoms with Crippen LogP contribution in [0.3, 0.4) is 0 Å². The molecule has 1 N–H and O–H groups in total. The zero-order valence-electron chi connectivity index (χ0n) is 15.7. The smallest absolute Gasteiger partial charge is 0.170 e. The van der Waals surface area contributed by atoms with Crippen molar-refractivity contribution in [3.8, 4) is 28.3 Å². The molecule has 4 heteroatoms. The Hall–Kier alpha value is -2.59. The molecule has 0 bridgehead atoms. The fraction of sp³-hybridized carbons (Fsp3) is 0.348. The topological polar surface area (TPSA) is 55.5 Å². The van der Waals surface area contributed by atoms with E-state index in [1.807, 2.05) is 6.07 Å². The second-order valence-corrected chi connectivity index (χ2v) is 7.03. The van der Waals surface area contributed by atoms with Gasteiger partial charge in [-0.2, -0.15) is 0 Å². The molecule has 1 aromatic heterocycles. The number of aliphatic hydroxyl groups is 1. The average molecular weight is 363 g/mol.